The molecule has 2 aromatic heterocycles. The van der Waals surface area contributed by atoms with Crippen molar-refractivity contribution in [3.05, 3.63) is 59.1 Å². The van der Waals surface area contributed by atoms with Gasteiger partial charge in [-0.15, -0.1) is 0 Å². The van der Waals surface area contributed by atoms with Gasteiger partial charge >= 0.3 is 5.97 Å². The van der Waals surface area contributed by atoms with Crippen LogP contribution in [0.1, 0.15) is 34.8 Å². The monoisotopic (exact) mass is 552 g/mol. The molecule has 2 aliphatic rings. The molecular formula is C26H25ClN6O6. The quantitative estimate of drug-likeness (QED) is 0.196. The summed E-state index contributed by atoms with van der Waals surface area (Å²) in [5, 5.41) is 32.8. The third-order valence-corrected chi connectivity index (χ3v) is 7.79. The number of aromatic nitrogens is 3. The van der Waals surface area contributed by atoms with E-state index in [0.29, 0.717) is 23.0 Å². The number of hydrogen-bond donors (Lipinski definition) is 5. The molecule has 2 aliphatic carbocycles. The normalized spacial score (nSPS) is 25.8. The van der Waals surface area contributed by atoms with Crippen molar-refractivity contribution in [3.8, 4) is 11.8 Å². The number of carbonyl (C=O) groups is 3. The van der Waals surface area contributed by atoms with Crippen molar-refractivity contribution in [1.82, 2.24) is 19.4 Å². The first-order valence-electron chi connectivity index (χ1n) is 12.1. The van der Waals surface area contributed by atoms with E-state index in [2.05, 4.69) is 21.8 Å². The van der Waals surface area contributed by atoms with E-state index in [1.165, 1.54) is 17.3 Å². The zero-order valence-corrected chi connectivity index (χ0v) is 21.2. The zero-order chi connectivity index (χ0) is 28.1. The van der Waals surface area contributed by atoms with Gasteiger partial charge in [-0.2, -0.15) is 0 Å². The lowest BCUT2D eigenvalue weighted by Gasteiger charge is -2.30. The summed E-state index contributed by atoms with van der Waals surface area (Å²) in [5.74, 6) is 2.63. The molecule has 0 spiro atoms. The highest BCUT2D eigenvalue weighted by Gasteiger charge is 2.76. The van der Waals surface area contributed by atoms with E-state index in [1.807, 2.05) is 0 Å². The Kier molecular flexibility index (Phi) is 6.77. The van der Waals surface area contributed by atoms with Crippen LogP contribution in [-0.2, 0) is 9.59 Å². The topological polar surface area (TPSA) is 198 Å². The number of rotatable bonds is 7. The minimum Gasteiger partial charge on any atom is -0.480 e. The number of benzene rings is 1. The fraction of sp³-hybridized carbons (Fsp3) is 0.346. The minimum atomic E-state index is -1.64. The van der Waals surface area contributed by atoms with Gasteiger partial charge in [0.1, 0.15) is 34.9 Å². The van der Waals surface area contributed by atoms with E-state index < -0.39 is 60.0 Å². The van der Waals surface area contributed by atoms with Crippen LogP contribution in [0.3, 0.4) is 0 Å². The number of carboxylic acids is 1. The predicted octanol–water partition coefficient (Wildman–Crippen LogP) is -0.0989. The summed E-state index contributed by atoms with van der Waals surface area (Å²) in [6, 6.07) is 5.27. The number of aliphatic hydroxyl groups excluding tert-OH is 1. The lowest BCUT2D eigenvalue weighted by atomic mass is 10.0. The number of halogens is 1. The SMILES string of the molecule is NC(=O)c1cccc(C#CCN(C(=O)C[C@H](N)C(=O)O)C2[C@H]3C[C@@H](n4ccc5c(Cl)ncnc54)[C@H](O)[C@@]23O)c1. The number of primary amides is 1. The number of hydrogen-bond acceptors (Lipinski definition) is 8. The number of carboxylic acid groups (broad SMARTS) is 1. The highest BCUT2D eigenvalue weighted by molar-refractivity contribution is 6.33. The van der Waals surface area contributed by atoms with Crippen LogP contribution in [0.4, 0.5) is 0 Å². The smallest absolute Gasteiger partial charge is 0.321 e. The number of amides is 2. The summed E-state index contributed by atoms with van der Waals surface area (Å²) in [6.45, 7) is -0.165. The van der Waals surface area contributed by atoms with Crippen LogP contribution in [0.5, 0.6) is 0 Å². The van der Waals surface area contributed by atoms with E-state index in [0.717, 1.165) is 0 Å². The van der Waals surface area contributed by atoms with Crippen LogP contribution in [0.2, 0.25) is 5.15 Å². The standard InChI is InChI=1S/C26H25ClN6O6/c27-22-15-6-8-32(24(15)31-12-30-22)18-10-16-20(26(16,39)21(18)35)33(19(34)11-17(28)25(37)38)7-2-4-13-3-1-5-14(9-13)23(29)36/h1,3,5-6,8-9,12,16-18,20-21,35,39H,7,10-11,28H2,(H2,29,36)(H,37,38)/t16-,17+,18-,20?,21+,26+/m1/s1. The first kappa shape index (κ1) is 26.6. The van der Waals surface area contributed by atoms with Crippen molar-refractivity contribution >= 4 is 40.4 Å². The Bertz CT molecular complexity index is 1550. The second kappa shape index (κ2) is 9.94. The van der Waals surface area contributed by atoms with E-state index in [4.69, 9.17) is 23.1 Å². The number of nitrogens with zero attached hydrogens (tertiary/aromatic N) is 4. The predicted molar refractivity (Wildman–Crippen MR) is 138 cm³/mol. The van der Waals surface area contributed by atoms with E-state index in [9.17, 15) is 29.7 Å². The molecule has 12 nitrogen and oxygen atoms in total. The average Bonchev–Trinajstić information content (AvgIpc) is 3.15. The van der Waals surface area contributed by atoms with Crippen molar-refractivity contribution in [2.24, 2.45) is 17.4 Å². The van der Waals surface area contributed by atoms with E-state index >= 15 is 0 Å². The van der Waals surface area contributed by atoms with E-state index in [1.54, 1.807) is 35.0 Å². The Morgan fingerprint density at radius 1 is 1.28 bits per heavy atom. The lowest BCUT2D eigenvalue weighted by Crippen LogP contribution is -2.47. The summed E-state index contributed by atoms with van der Waals surface area (Å²) in [7, 11) is 0. The Balaban J connectivity index is 1.39. The van der Waals surface area contributed by atoms with Crippen molar-refractivity contribution < 1.29 is 29.7 Å². The first-order chi connectivity index (χ1) is 18.5. The number of fused-ring (bicyclic) bond motifs is 2. The van der Waals surface area contributed by atoms with Crippen LogP contribution in [0, 0.1) is 17.8 Å². The molecule has 2 saturated carbocycles. The van der Waals surface area contributed by atoms with Crippen LogP contribution >= 0.6 is 11.6 Å². The van der Waals surface area contributed by atoms with Crippen LogP contribution in [0.15, 0.2) is 42.9 Å². The second-order valence-corrected chi connectivity index (χ2v) is 10.1. The molecule has 6 atom stereocenters. The molecule has 2 heterocycles. The van der Waals surface area contributed by atoms with Crippen molar-refractivity contribution in [2.75, 3.05) is 6.54 Å². The van der Waals surface area contributed by atoms with Crippen LogP contribution in [-0.4, -0.2) is 82.9 Å². The third-order valence-electron chi connectivity index (χ3n) is 7.49. The summed E-state index contributed by atoms with van der Waals surface area (Å²) < 4.78 is 1.73. The molecule has 1 aromatic carbocycles. The largest absolute Gasteiger partial charge is 0.480 e. The van der Waals surface area contributed by atoms with Gasteiger partial charge in [0.15, 0.2) is 0 Å². The molecule has 0 saturated heterocycles. The number of carbonyl (C=O) groups excluding carboxylic acids is 2. The molecule has 3 aromatic rings. The molecule has 0 radical (unpaired) electrons. The average molecular weight is 553 g/mol. The maximum absolute atomic E-state index is 13.2. The molecule has 39 heavy (non-hydrogen) atoms. The molecule has 2 fully saturated rings. The molecule has 0 bridgehead atoms. The van der Waals surface area contributed by atoms with Gasteiger partial charge in [-0.25, -0.2) is 9.97 Å². The molecule has 5 rings (SSSR count). The molecule has 1 unspecified atom stereocenters. The van der Waals surface area contributed by atoms with Crippen molar-refractivity contribution in [1.29, 1.82) is 0 Å². The zero-order valence-electron chi connectivity index (χ0n) is 20.4. The summed E-state index contributed by atoms with van der Waals surface area (Å²) in [4.78, 5) is 45.4. The van der Waals surface area contributed by atoms with Crippen LogP contribution in [0.25, 0.3) is 11.0 Å². The number of aliphatic hydroxyl groups is 2. The van der Waals surface area contributed by atoms with E-state index in [-0.39, 0.29) is 17.3 Å². The number of aliphatic carboxylic acids is 1. The highest BCUT2D eigenvalue weighted by Crippen LogP contribution is 2.62. The van der Waals surface area contributed by atoms with Gasteiger partial charge in [-0.3, -0.25) is 14.4 Å². The van der Waals surface area contributed by atoms with Gasteiger partial charge < -0.3 is 36.3 Å². The molecule has 2 amide bonds. The third kappa shape index (κ3) is 4.59. The summed E-state index contributed by atoms with van der Waals surface area (Å²) >= 11 is 6.15. The van der Waals surface area contributed by atoms with Crippen molar-refractivity contribution in [2.45, 2.75) is 42.7 Å². The second-order valence-electron chi connectivity index (χ2n) is 9.73. The molecular weight excluding hydrogens is 528 g/mol. The van der Waals surface area contributed by atoms with Gasteiger partial charge in [0, 0.05) is 23.2 Å². The van der Waals surface area contributed by atoms with Gasteiger partial charge in [-0.1, -0.05) is 29.5 Å². The first-order valence-corrected chi connectivity index (χ1v) is 12.5. The maximum Gasteiger partial charge on any atom is 0.321 e. The Morgan fingerprint density at radius 3 is 2.72 bits per heavy atom. The minimum absolute atomic E-state index is 0.165. The van der Waals surface area contributed by atoms with Gasteiger partial charge in [-0.05, 0) is 30.7 Å². The highest BCUT2D eigenvalue weighted by atomic mass is 35.5. The Labute approximate surface area is 227 Å². The Hall–Kier alpha value is -4.02. The molecule has 7 N–H and O–H groups in total. The lowest BCUT2D eigenvalue weighted by molar-refractivity contribution is -0.143. The van der Waals surface area contributed by atoms with Gasteiger partial charge in [0.2, 0.25) is 11.8 Å². The number of nitrogens with two attached hydrogens (primary N) is 2. The molecule has 0 aliphatic heterocycles. The fourth-order valence-corrected chi connectivity index (χ4v) is 5.70. The van der Waals surface area contributed by atoms with Gasteiger partial charge in [0.25, 0.3) is 0 Å². The molecule has 13 heteroatoms. The summed E-state index contributed by atoms with van der Waals surface area (Å²) in [5.41, 5.74) is 10.5. The maximum atomic E-state index is 13.2. The Morgan fingerprint density at radius 2 is 2.05 bits per heavy atom. The summed E-state index contributed by atoms with van der Waals surface area (Å²) in [6.07, 6.45) is 1.56. The van der Waals surface area contributed by atoms with Crippen LogP contribution < -0.4 is 11.5 Å². The fourth-order valence-electron chi connectivity index (χ4n) is 5.51. The molecule has 202 valence electrons. The van der Waals surface area contributed by atoms with Gasteiger partial charge in [0.05, 0.1) is 30.4 Å². The van der Waals surface area contributed by atoms with Crippen molar-refractivity contribution in [3.63, 3.8) is 0 Å².